The van der Waals surface area contributed by atoms with Crippen LogP contribution in [0.4, 0.5) is 27.5 Å². The number of hydrogen-bond donors (Lipinski definition) is 5. The Morgan fingerprint density at radius 3 is 1.58 bits per heavy atom. The molecule has 0 aliphatic rings. The predicted octanol–water partition coefficient (Wildman–Crippen LogP) is 4.43. The van der Waals surface area contributed by atoms with E-state index >= 15 is 0 Å². The number of nitrogens with one attached hydrogen (secondary N) is 4. The third kappa shape index (κ3) is 28.6. The van der Waals surface area contributed by atoms with Crippen molar-refractivity contribution in [3.05, 3.63) is 48.5 Å². The summed E-state index contributed by atoms with van der Waals surface area (Å²) in [5, 5.41) is 19.9. The SMILES string of the molecule is COC(=O)[C@@H](CCCC(=O)Nc1ccc(N=Nc2ccc(NCCNC(=O)CCOCCOCCOCCOCCOCCOCCN)cc2)cc1)C[C@H](NC(=O)OC(C)(C)C)C(=O)OC. The van der Waals surface area contributed by atoms with Crippen LogP contribution < -0.4 is 27.0 Å². The Hall–Kier alpha value is -5.29. The molecule has 370 valence electrons. The lowest BCUT2D eigenvalue weighted by atomic mass is 9.94. The van der Waals surface area contributed by atoms with Gasteiger partial charge in [0.05, 0.1) is 111 Å². The fourth-order valence-corrected chi connectivity index (χ4v) is 5.64. The highest BCUT2D eigenvalue weighted by Gasteiger charge is 2.31. The second-order valence-corrected chi connectivity index (χ2v) is 15.4. The number of azo groups is 1. The van der Waals surface area contributed by atoms with E-state index in [2.05, 4.69) is 31.5 Å². The van der Waals surface area contributed by atoms with Crippen LogP contribution in [0.15, 0.2) is 58.8 Å². The van der Waals surface area contributed by atoms with Crippen molar-refractivity contribution in [2.75, 3.05) is 124 Å². The minimum absolute atomic E-state index is 0.0900. The molecule has 0 aliphatic heterocycles. The molecule has 0 saturated carbocycles. The van der Waals surface area contributed by atoms with Crippen LogP contribution in [-0.4, -0.2) is 155 Å². The highest BCUT2D eigenvalue weighted by molar-refractivity contribution is 5.90. The standard InChI is InChI=1S/C45H71N7O14/c1-45(2,3)66-44(57)50-39(43(56)59-5)33-34(42(55)58-4)7-6-8-41(54)49-36-11-15-38(16-12-36)52-51-37-13-9-35(10-14-37)47-19-20-48-40(53)17-21-60-23-25-62-27-29-64-31-32-65-30-28-63-26-24-61-22-18-46/h9-16,34,39,47H,6-8,17-33,46H2,1-5H3,(H,48,53)(H,49,54)(H,50,57)/t34-,39-/m0/s1. The molecule has 0 fully saturated rings. The Labute approximate surface area is 387 Å². The maximum absolute atomic E-state index is 12.7. The topological polar surface area (TPSA) is 267 Å². The van der Waals surface area contributed by atoms with Gasteiger partial charge in [-0.25, -0.2) is 9.59 Å². The average molecular weight is 934 g/mol. The highest BCUT2D eigenvalue weighted by atomic mass is 16.6. The molecular weight excluding hydrogens is 863 g/mol. The van der Waals surface area contributed by atoms with Crippen molar-refractivity contribution in [3.63, 3.8) is 0 Å². The first kappa shape index (κ1) is 56.8. The number of carbonyl (C=O) groups excluding carboxylic acids is 5. The first-order valence-electron chi connectivity index (χ1n) is 22.1. The smallest absolute Gasteiger partial charge is 0.408 e. The van der Waals surface area contributed by atoms with Crippen LogP contribution in [0.1, 0.15) is 52.9 Å². The first-order chi connectivity index (χ1) is 31.8. The van der Waals surface area contributed by atoms with Gasteiger partial charge in [-0.2, -0.15) is 10.2 Å². The number of anilines is 2. The minimum atomic E-state index is -1.16. The van der Waals surface area contributed by atoms with Crippen molar-refractivity contribution < 1.29 is 66.6 Å². The monoisotopic (exact) mass is 934 g/mol. The molecule has 21 nitrogen and oxygen atoms in total. The number of esters is 2. The molecule has 2 aromatic carbocycles. The van der Waals surface area contributed by atoms with E-state index in [1.165, 1.54) is 14.2 Å². The maximum atomic E-state index is 12.7. The number of methoxy groups -OCH3 is 2. The Morgan fingerprint density at radius 2 is 1.09 bits per heavy atom. The molecule has 21 heteroatoms. The van der Waals surface area contributed by atoms with Gasteiger partial charge in [-0.3, -0.25) is 14.4 Å². The van der Waals surface area contributed by atoms with Gasteiger partial charge in [-0.15, -0.1) is 0 Å². The summed E-state index contributed by atoms with van der Waals surface area (Å²) < 4.78 is 47.4. The third-order valence-corrected chi connectivity index (χ3v) is 8.86. The highest BCUT2D eigenvalue weighted by Crippen LogP contribution is 2.23. The van der Waals surface area contributed by atoms with Crippen LogP contribution in [0.2, 0.25) is 0 Å². The van der Waals surface area contributed by atoms with Crippen molar-refractivity contribution in [3.8, 4) is 0 Å². The van der Waals surface area contributed by atoms with Crippen LogP contribution in [0.5, 0.6) is 0 Å². The molecule has 2 rings (SSSR count). The fourth-order valence-electron chi connectivity index (χ4n) is 5.64. The molecule has 0 aromatic heterocycles. The summed E-state index contributed by atoms with van der Waals surface area (Å²) >= 11 is 0. The number of hydrogen-bond acceptors (Lipinski definition) is 18. The van der Waals surface area contributed by atoms with Gasteiger partial charge in [0.25, 0.3) is 0 Å². The average Bonchev–Trinajstić information content (AvgIpc) is 3.29. The van der Waals surface area contributed by atoms with Crippen molar-refractivity contribution in [1.29, 1.82) is 0 Å². The zero-order valence-electron chi connectivity index (χ0n) is 39.1. The lowest BCUT2D eigenvalue weighted by Crippen LogP contribution is -2.45. The van der Waals surface area contributed by atoms with E-state index in [0.717, 1.165) is 5.69 Å². The van der Waals surface area contributed by atoms with Gasteiger partial charge in [0.15, 0.2) is 0 Å². The molecule has 0 aliphatic carbocycles. The summed E-state index contributed by atoms with van der Waals surface area (Å²) in [5.41, 5.74) is 7.16. The number of alkyl carbamates (subject to hydrolysis) is 1. The molecule has 2 aromatic rings. The Kier molecular flexibility index (Phi) is 30.1. The lowest BCUT2D eigenvalue weighted by Gasteiger charge is -2.24. The van der Waals surface area contributed by atoms with Crippen LogP contribution in [0.3, 0.4) is 0 Å². The molecule has 0 heterocycles. The summed E-state index contributed by atoms with van der Waals surface area (Å²) in [6.45, 7) is 12.0. The van der Waals surface area contributed by atoms with E-state index < -0.39 is 35.6 Å². The van der Waals surface area contributed by atoms with Crippen LogP contribution in [0.25, 0.3) is 0 Å². The van der Waals surface area contributed by atoms with Gasteiger partial charge >= 0.3 is 18.0 Å². The number of benzene rings is 2. The molecule has 0 radical (unpaired) electrons. The molecule has 2 atom stereocenters. The van der Waals surface area contributed by atoms with Gasteiger partial charge < -0.3 is 69.6 Å². The minimum Gasteiger partial charge on any atom is -0.469 e. The van der Waals surface area contributed by atoms with Crippen molar-refractivity contribution >= 4 is 52.6 Å². The molecule has 6 N–H and O–H groups in total. The number of nitrogens with zero attached hydrogens (tertiary/aromatic N) is 2. The van der Waals surface area contributed by atoms with Crippen LogP contribution in [0, 0.1) is 5.92 Å². The van der Waals surface area contributed by atoms with Crippen molar-refractivity contribution in [2.45, 2.75) is 64.5 Å². The zero-order chi connectivity index (χ0) is 48.3. The Balaban J connectivity index is 1.57. The van der Waals surface area contributed by atoms with Gasteiger partial charge in [-0.05, 0) is 88.6 Å². The molecule has 0 unspecified atom stereocenters. The molecule has 0 saturated heterocycles. The third-order valence-electron chi connectivity index (χ3n) is 8.86. The van der Waals surface area contributed by atoms with Crippen LogP contribution in [-0.2, 0) is 61.8 Å². The lowest BCUT2D eigenvalue weighted by molar-refractivity contribution is -0.148. The second-order valence-electron chi connectivity index (χ2n) is 15.4. The van der Waals surface area contributed by atoms with E-state index in [0.29, 0.717) is 122 Å². The number of ether oxygens (including phenoxy) is 9. The quantitative estimate of drug-likeness (QED) is 0.0274. The van der Waals surface area contributed by atoms with Gasteiger partial charge in [0.1, 0.15) is 11.6 Å². The van der Waals surface area contributed by atoms with E-state index in [9.17, 15) is 24.0 Å². The normalized spacial score (nSPS) is 12.3. The number of amides is 3. The fraction of sp³-hybridized carbons (Fsp3) is 0.622. The Morgan fingerprint density at radius 1 is 0.606 bits per heavy atom. The molecule has 0 bridgehead atoms. The maximum Gasteiger partial charge on any atom is 0.408 e. The molecule has 3 amide bonds. The van der Waals surface area contributed by atoms with Gasteiger partial charge in [0, 0.05) is 43.9 Å². The first-order valence-corrected chi connectivity index (χ1v) is 22.1. The summed E-state index contributed by atoms with van der Waals surface area (Å²) in [6, 6.07) is 13.0. The van der Waals surface area contributed by atoms with Crippen molar-refractivity contribution in [1.82, 2.24) is 10.6 Å². The summed E-state index contributed by atoms with van der Waals surface area (Å²) in [7, 11) is 2.40. The molecular formula is C45H71N7O14. The van der Waals surface area contributed by atoms with E-state index in [4.69, 9.17) is 48.4 Å². The number of nitrogens with two attached hydrogens (primary N) is 1. The Bertz CT molecular complexity index is 1690. The number of rotatable bonds is 36. The summed E-state index contributed by atoms with van der Waals surface area (Å²) in [5.74, 6) is -2.50. The molecule has 0 spiro atoms. The summed E-state index contributed by atoms with van der Waals surface area (Å²) in [4.78, 5) is 62.1. The van der Waals surface area contributed by atoms with Crippen LogP contribution >= 0.6 is 0 Å². The predicted molar refractivity (Wildman–Crippen MR) is 245 cm³/mol. The zero-order valence-corrected chi connectivity index (χ0v) is 39.1. The van der Waals surface area contributed by atoms with Gasteiger partial charge in [0.2, 0.25) is 11.8 Å². The van der Waals surface area contributed by atoms with E-state index in [1.54, 1.807) is 45.0 Å². The second kappa shape index (κ2) is 35.0. The largest absolute Gasteiger partial charge is 0.469 e. The van der Waals surface area contributed by atoms with E-state index in [1.807, 2.05) is 24.3 Å². The number of carbonyl (C=O) groups is 5. The molecule has 66 heavy (non-hydrogen) atoms. The van der Waals surface area contributed by atoms with Gasteiger partial charge in [-0.1, -0.05) is 0 Å². The van der Waals surface area contributed by atoms with E-state index in [-0.39, 0.29) is 37.5 Å². The summed E-state index contributed by atoms with van der Waals surface area (Å²) in [6.07, 6.45) is -0.0682. The van der Waals surface area contributed by atoms with Crippen molar-refractivity contribution in [2.24, 2.45) is 21.9 Å².